The van der Waals surface area contributed by atoms with E-state index in [2.05, 4.69) is 54.0 Å². The topological polar surface area (TPSA) is 0 Å². The van der Waals surface area contributed by atoms with Gasteiger partial charge in [0.25, 0.3) is 0 Å². The molecule has 0 heterocycles. The predicted octanol–water partition coefficient (Wildman–Crippen LogP) is 8.93. The number of rotatable bonds is 5. The van der Waals surface area contributed by atoms with Gasteiger partial charge < -0.3 is 0 Å². The number of hydrogen-bond acceptors (Lipinski definition) is 0. The van der Waals surface area contributed by atoms with E-state index in [1.807, 2.05) is 5.57 Å². The third kappa shape index (κ3) is 3.59. The lowest BCUT2D eigenvalue weighted by Crippen LogP contribution is -2.50. The van der Waals surface area contributed by atoms with Crippen LogP contribution in [0.2, 0.25) is 0 Å². The monoisotopic (exact) mass is 395 g/mol. The summed E-state index contributed by atoms with van der Waals surface area (Å²) in [5.41, 5.74) is 6.24. The van der Waals surface area contributed by atoms with E-state index in [1.165, 1.54) is 70.6 Å². The Kier molecular flexibility index (Phi) is 6.14. The van der Waals surface area contributed by atoms with Gasteiger partial charge in [0, 0.05) is 0 Å². The Hall–Kier alpha value is -0.520. The zero-order valence-electron chi connectivity index (χ0n) is 20.3. The highest BCUT2D eigenvalue weighted by molar-refractivity contribution is 5.26. The van der Waals surface area contributed by atoms with Crippen LogP contribution in [0.4, 0.5) is 0 Å². The van der Waals surface area contributed by atoms with Gasteiger partial charge in [-0.15, -0.1) is 0 Å². The third-order valence-corrected chi connectivity index (χ3v) is 10.7. The predicted molar refractivity (Wildman–Crippen MR) is 127 cm³/mol. The van der Waals surface area contributed by atoms with E-state index in [9.17, 15) is 0 Å². The van der Waals surface area contributed by atoms with Crippen LogP contribution in [-0.2, 0) is 0 Å². The fourth-order valence-electron chi connectivity index (χ4n) is 8.84. The highest BCUT2D eigenvalue weighted by atomic mass is 14.6. The lowest BCUT2D eigenvalue weighted by atomic mass is 9.47. The first kappa shape index (κ1) is 21.7. The molecule has 0 aliphatic heterocycles. The number of hydrogen-bond donors (Lipinski definition) is 0. The minimum atomic E-state index is 0.530. The molecule has 0 saturated heterocycles. The molecule has 0 N–H and O–H groups in total. The average Bonchev–Trinajstić information content (AvgIpc) is 3.05. The van der Waals surface area contributed by atoms with Gasteiger partial charge in [0.15, 0.2) is 0 Å². The zero-order chi connectivity index (χ0) is 20.8. The maximum absolute atomic E-state index is 2.72. The van der Waals surface area contributed by atoms with Crippen LogP contribution in [-0.4, -0.2) is 0 Å². The van der Waals surface area contributed by atoms with Crippen molar-refractivity contribution in [1.29, 1.82) is 0 Å². The Morgan fingerprint density at radius 2 is 1.90 bits per heavy atom. The third-order valence-electron chi connectivity index (χ3n) is 10.7. The lowest BCUT2D eigenvalue weighted by molar-refractivity contribution is -0.0481. The summed E-state index contributed by atoms with van der Waals surface area (Å²) in [6.45, 7) is 14.9. The van der Waals surface area contributed by atoms with Crippen molar-refractivity contribution in [3.05, 3.63) is 29.2 Å². The molecule has 0 aromatic heterocycles. The molecule has 29 heavy (non-hydrogen) atoms. The minimum absolute atomic E-state index is 0.530. The van der Waals surface area contributed by atoms with Crippen molar-refractivity contribution in [2.24, 2.45) is 40.4 Å². The molecule has 0 heteroatoms. The van der Waals surface area contributed by atoms with Gasteiger partial charge in [-0.05, 0) is 131 Å². The van der Waals surface area contributed by atoms with Crippen molar-refractivity contribution < 1.29 is 0 Å². The second-order valence-electron chi connectivity index (χ2n) is 12.0. The van der Waals surface area contributed by atoms with Crippen molar-refractivity contribution >= 4 is 0 Å². The first-order valence-corrected chi connectivity index (χ1v) is 13.0. The second kappa shape index (κ2) is 8.20. The van der Waals surface area contributed by atoms with E-state index in [4.69, 9.17) is 0 Å². The molecule has 0 aromatic rings. The molecule has 0 unspecified atom stereocenters. The summed E-state index contributed by atoms with van der Waals surface area (Å²) in [5, 5.41) is 0. The molecule has 0 spiro atoms. The van der Waals surface area contributed by atoms with Crippen LogP contribution in [0.3, 0.4) is 0 Å². The van der Waals surface area contributed by atoms with E-state index in [-0.39, 0.29) is 0 Å². The molecule has 4 aliphatic carbocycles. The van der Waals surface area contributed by atoms with Crippen LogP contribution in [0.1, 0.15) is 112 Å². The molecular weight excluding hydrogens is 348 g/mol. The first-order chi connectivity index (χ1) is 13.8. The minimum Gasteiger partial charge on any atom is -0.0845 e. The molecule has 7 atom stereocenters. The van der Waals surface area contributed by atoms with Gasteiger partial charge in [-0.1, -0.05) is 50.5 Å². The van der Waals surface area contributed by atoms with Crippen molar-refractivity contribution in [2.75, 3.05) is 0 Å². The smallest absolute Gasteiger partial charge is 0.00851 e. The highest BCUT2D eigenvalue weighted by Crippen LogP contribution is 2.67. The molecule has 1 radical (unpaired) electrons. The van der Waals surface area contributed by atoms with Crippen LogP contribution in [0.25, 0.3) is 0 Å². The largest absolute Gasteiger partial charge is 0.0845 e. The standard InChI is InChI=1S/C29H47/c1-7-22(20(2)3)12-11-21(4)25-15-16-26-24-14-13-23-10-8-9-18-28(23,5)27(24)17-19-29(25,26)6/h8,13,21,24-27H,7,9-12,14-19H2,1-6H3/t21-,24+,25-,26+,27+,28+,29-/m1/s1. The van der Waals surface area contributed by atoms with Gasteiger partial charge in [0.05, 0.1) is 0 Å². The van der Waals surface area contributed by atoms with Crippen LogP contribution in [0.5, 0.6) is 0 Å². The van der Waals surface area contributed by atoms with Gasteiger partial charge in [0.2, 0.25) is 0 Å². The van der Waals surface area contributed by atoms with E-state index < -0.39 is 0 Å². The van der Waals surface area contributed by atoms with Gasteiger partial charge in [0.1, 0.15) is 0 Å². The maximum Gasteiger partial charge on any atom is -0.00851 e. The molecular formula is C29H47. The van der Waals surface area contributed by atoms with Gasteiger partial charge >= 0.3 is 0 Å². The van der Waals surface area contributed by atoms with Gasteiger partial charge in [-0.3, -0.25) is 0 Å². The van der Waals surface area contributed by atoms with Crippen LogP contribution >= 0.6 is 0 Å². The Morgan fingerprint density at radius 1 is 1.10 bits per heavy atom. The normalized spacial score (nSPS) is 42.3. The molecule has 0 nitrogen and oxygen atoms in total. The van der Waals surface area contributed by atoms with E-state index >= 15 is 0 Å². The maximum atomic E-state index is 2.72. The molecule has 4 aliphatic rings. The average molecular weight is 396 g/mol. The fourth-order valence-corrected chi connectivity index (χ4v) is 8.84. The summed E-state index contributed by atoms with van der Waals surface area (Å²) in [4.78, 5) is 0. The van der Waals surface area contributed by atoms with Gasteiger partial charge in [-0.2, -0.15) is 0 Å². The fraction of sp³-hybridized carbons (Fsp3) is 0.828. The molecule has 4 rings (SSSR count). The molecule has 0 amide bonds. The summed E-state index contributed by atoms with van der Waals surface area (Å²) in [6, 6.07) is 0. The van der Waals surface area contributed by atoms with E-state index in [1.54, 1.807) is 11.1 Å². The molecule has 0 bridgehead atoms. The van der Waals surface area contributed by atoms with Crippen molar-refractivity contribution in [3.63, 3.8) is 0 Å². The van der Waals surface area contributed by atoms with E-state index in [0.29, 0.717) is 10.8 Å². The molecule has 163 valence electrons. The Labute approximate surface area is 182 Å². The second-order valence-corrected chi connectivity index (χ2v) is 12.0. The van der Waals surface area contributed by atoms with Crippen molar-refractivity contribution in [1.82, 2.24) is 0 Å². The Morgan fingerprint density at radius 3 is 2.62 bits per heavy atom. The molecule has 3 saturated carbocycles. The summed E-state index contributed by atoms with van der Waals surface area (Å²) in [7, 11) is 0. The zero-order valence-corrected chi connectivity index (χ0v) is 20.3. The van der Waals surface area contributed by atoms with Gasteiger partial charge in [-0.25, -0.2) is 0 Å². The van der Waals surface area contributed by atoms with Crippen LogP contribution < -0.4 is 0 Å². The highest BCUT2D eigenvalue weighted by Gasteiger charge is 2.58. The lowest BCUT2D eigenvalue weighted by Gasteiger charge is -2.58. The summed E-state index contributed by atoms with van der Waals surface area (Å²) < 4.78 is 0. The summed E-state index contributed by atoms with van der Waals surface area (Å²) >= 11 is 0. The van der Waals surface area contributed by atoms with E-state index in [0.717, 1.165) is 29.6 Å². The van der Waals surface area contributed by atoms with Crippen molar-refractivity contribution in [3.8, 4) is 0 Å². The van der Waals surface area contributed by atoms with Crippen LogP contribution in [0.15, 0.2) is 22.8 Å². The Balaban J connectivity index is 1.49. The Bertz CT molecular complexity index is 662. The molecule has 0 aromatic carbocycles. The molecule has 3 fully saturated rings. The SMILES string of the molecule is CCC(CC[C@@H](C)[C@H]1CC[C@H]2[C@@H]3CC=C4C[CH]CC[C@]4(C)[C@H]3CC[C@]12C)=C(C)C. The first-order valence-electron chi connectivity index (χ1n) is 13.0. The summed E-state index contributed by atoms with van der Waals surface area (Å²) in [6.07, 6.45) is 20.7. The van der Waals surface area contributed by atoms with Crippen molar-refractivity contribution in [2.45, 2.75) is 112 Å². The number of allylic oxidation sites excluding steroid dienone is 4. The van der Waals surface area contributed by atoms with Crippen LogP contribution in [0, 0.1) is 46.8 Å². The summed E-state index contributed by atoms with van der Waals surface area (Å²) in [5.74, 6) is 4.78. The number of fused-ring (bicyclic) bond motifs is 5. The quantitative estimate of drug-likeness (QED) is 0.407.